The third-order valence-corrected chi connectivity index (χ3v) is 4.93. The zero-order valence-electron chi connectivity index (χ0n) is 15.9. The van der Waals surface area contributed by atoms with Gasteiger partial charge < -0.3 is 10.2 Å². The standard InChI is InChI=1S/C20H27N3O3/c1-12(2)9-23-18(24)16-6-5-15(8-17(16)19(23)25)21-20(26)22-10-13(3)7-14(4)11-22/h5-6,8,12-14H,7,9-11H2,1-4H3,(H,21,26). The molecule has 2 atom stereocenters. The zero-order chi connectivity index (χ0) is 19.0. The van der Waals surface area contributed by atoms with Crippen LogP contribution in [0, 0.1) is 17.8 Å². The number of anilines is 1. The number of nitrogens with zero attached hydrogens (tertiary/aromatic N) is 2. The first kappa shape index (κ1) is 18.4. The van der Waals surface area contributed by atoms with E-state index in [1.807, 2.05) is 18.7 Å². The predicted octanol–water partition coefficient (Wildman–Crippen LogP) is 3.45. The first-order valence-electron chi connectivity index (χ1n) is 9.32. The molecule has 6 heteroatoms. The fourth-order valence-corrected chi connectivity index (χ4v) is 3.93. The molecular weight excluding hydrogens is 330 g/mol. The number of benzene rings is 1. The van der Waals surface area contributed by atoms with Crippen LogP contribution >= 0.6 is 0 Å². The van der Waals surface area contributed by atoms with E-state index in [0.717, 1.165) is 19.5 Å². The van der Waals surface area contributed by atoms with E-state index in [0.29, 0.717) is 35.2 Å². The second-order valence-electron chi connectivity index (χ2n) is 8.16. The molecule has 2 unspecified atom stereocenters. The van der Waals surface area contributed by atoms with Gasteiger partial charge in [0, 0.05) is 25.3 Å². The first-order chi connectivity index (χ1) is 12.3. The number of hydrogen-bond donors (Lipinski definition) is 1. The number of carbonyl (C=O) groups is 3. The average molecular weight is 357 g/mol. The molecule has 4 amide bonds. The van der Waals surface area contributed by atoms with Crippen molar-refractivity contribution in [3.63, 3.8) is 0 Å². The number of urea groups is 1. The number of nitrogens with one attached hydrogen (secondary N) is 1. The van der Waals surface area contributed by atoms with Crippen molar-refractivity contribution in [2.24, 2.45) is 17.8 Å². The summed E-state index contributed by atoms with van der Waals surface area (Å²) >= 11 is 0. The number of fused-ring (bicyclic) bond motifs is 1. The molecule has 6 nitrogen and oxygen atoms in total. The lowest BCUT2D eigenvalue weighted by Crippen LogP contribution is -2.44. The van der Waals surface area contributed by atoms with Crippen LogP contribution in [0.2, 0.25) is 0 Å². The van der Waals surface area contributed by atoms with Gasteiger partial charge in [-0.3, -0.25) is 14.5 Å². The second kappa shape index (κ2) is 7.09. The highest BCUT2D eigenvalue weighted by molar-refractivity contribution is 6.21. The highest BCUT2D eigenvalue weighted by Crippen LogP contribution is 2.27. The van der Waals surface area contributed by atoms with Crippen LogP contribution in [0.1, 0.15) is 54.8 Å². The van der Waals surface area contributed by atoms with Crippen LogP contribution in [0.15, 0.2) is 18.2 Å². The Kier molecular flexibility index (Phi) is 5.03. The van der Waals surface area contributed by atoms with Crippen molar-refractivity contribution in [3.8, 4) is 0 Å². The molecule has 2 heterocycles. The minimum absolute atomic E-state index is 0.154. The summed E-state index contributed by atoms with van der Waals surface area (Å²) in [4.78, 5) is 40.6. The van der Waals surface area contributed by atoms with Crippen molar-refractivity contribution in [3.05, 3.63) is 29.3 Å². The molecule has 0 aromatic heterocycles. The Morgan fingerprint density at radius 3 is 2.35 bits per heavy atom. The Balaban J connectivity index is 1.74. The molecule has 2 aliphatic rings. The fraction of sp³-hybridized carbons (Fsp3) is 0.550. The molecule has 140 valence electrons. The number of rotatable bonds is 3. The summed E-state index contributed by atoms with van der Waals surface area (Å²) in [5.74, 6) is 0.631. The van der Waals surface area contributed by atoms with Gasteiger partial charge in [-0.1, -0.05) is 27.7 Å². The SMILES string of the molecule is CC(C)CN1C(=O)c2ccc(NC(=O)N3CC(C)CC(C)C3)cc2C1=O. The van der Waals surface area contributed by atoms with Gasteiger partial charge in [-0.2, -0.15) is 0 Å². The Labute approximate surface area is 154 Å². The van der Waals surface area contributed by atoms with Gasteiger partial charge in [-0.25, -0.2) is 4.79 Å². The Morgan fingerprint density at radius 2 is 1.73 bits per heavy atom. The third kappa shape index (κ3) is 3.59. The highest BCUT2D eigenvalue weighted by atomic mass is 16.2. The van der Waals surface area contributed by atoms with Crippen molar-refractivity contribution in [1.82, 2.24) is 9.80 Å². The van der Waals surface area contributed by atoms with Gasteiger partial charge in [0.1, 0.15) is 0 Å². The van der Waals surface area contributed by atoms with Crippen LogP contribution in [0.25, 0.3) is 0 Å². The van der Waals surface area contributed by atoms with Crippen molar-refractivity contribution in [2.45, 2.75) is 34.1 Å². The molecular formula is C20H27N3O3. The van der Waals surface area contributed by atoms with E-state index in [4.69, 9.17) is 0 Å². The Bertz CT molecular complexity index is 734. The van der Waals surface area contributed by atoms with E-state index in [1.165, 1.54) is 4.90 Å². The van der Waals surface area contributed by atoms with Gasteiger partial charge >= 0.3 is 6.03 Å². The van der Waals surface area contributed by atoms with E-state index in [9.17, 15) is 14.4 Å². The van der Waals surface area contributed by atoms with Crippen LogP contribution in [0.4, 0.5) is 10.5 Å². The molecule has 1 saturated heterocycles. The van der Waals surface area contributed by atoms with Crippen molar-refractivity contribution >= 4 is 23.5 Å². The van der Waals surface area contributed by atoms with E-state index in [-0.39, 0.29) is 23.8 Å². The minimum atomic E-state index is -0.282. The van der Waals surface area contributed by atoms with Gasteiger partial charge in [-0.05, 0) is 42.4 Å². The largest absolute Gasteiger partial charge is 0.324 e. The summed E-state index contributed by atoms with van der Waals surface area (Å²) in [5.41, 5.74) is 1.33. The molecule has 1 aromatic carbocycles. The molecule has 1 aromatic rings. The van der Waals surface area contributed by atoms with Crippen molar-refractivity contribution < 1.29 is 14.4 Å². The number of piperidine rings is 1. The van der Waals surface area contributed by atoms with Gasteiger partial charge in [0.05, 0.1) is 11.1 Å². The molecule has 3 rings (SSSR count). The van der Waals surface area contributed by atoms with Crippen LogP contribution in [0.5, 0.6) is 0 Å². The normalized spacial score (nSPS) is 22.8. The van der Waals surface area contributed by atoms with Gasteiger partial charge in [0.25, 0.3) is 11.8 Å². The smallest absolute Gasteiger partial charge is 0.321 e. The highest BCUT2D eigenvalue weighted by Gasteiger charge is 2.36. The lowest BCUT2D eigenvalue weighted by Gasteiger charge is -2.34. The molecule has 0 saturated carbocycles. The monoisotopic (exact) mass is 357 g/mol. The van der Waals surface area contributed by atoms with Crippen molar-refractivity contribution in [1.29, 1.82) is 0 Å². The first-order valence-corrected chi connectivity index (χ1v) is 9.32. The average Bonchev–Trinajstić information content (AvgIpc) is 2.78. The number of likely N-dealkylation sites (tertiary alicyclic amines) is 1. The summed E-state index contributed by atoms with van der Waals surface area (Å²) in [7, 11) is 0. The van der Waals surface area contributed by atoms with Crippen molar-refractivity contribution in [2.75, 3.05) is 25.0 Å². The quantitative estimate of drug-likeness (QED) is 0.843. The maximum atomic E-state index is 12.6. The number of amides is 4. The third-order valence-electron chi connectivity index (χ3n) is 4.93. The summed E-state index contributed by atoms with van der Waals surface area (Å²) in [5, 5.41) is 2.88. The van der Waals surface area contributed by atoms with Crippen LogP contribution in [-0.4, -0.2) is 47.3 Å². The molecule has 1 fully saturated rings. The van der Waals surface area contributed by atoms with Gasteiger partial charge in [0.15, 0.2) is 0 Å². The summed E-state index contributed by atoms with van der Waals surface area (Å²) in [6.45, 7) is 10.1. The number of imide groups is 1. The maximum Gasteiger partial charge on any atom is 0.321 e. The molecule has 0 aliphatic carbocycles. The molecule has 2 aliphatic heterocycles. The van der Waals surface area contributed by atoms with Crippen LogP contribution in [-0.2, 0) is 0 Å². The minimum Gasteiger partial charge on any atom is -0.324 e. The fourth-order valence-electron chi connectivity index (χ4n) is 3.93. The molecule has 1 N–H and O–H groups in total. The van der Waals surface area contributed by atoms with Crippen LogP contribution in [0.3, 0.4) is 0 Å². The van der Waals surface area contributed by atoms with Gasteiger partial charge in [-0.15, -0.1) is 0 Å². The van der Waals surface area contributed by atoms with Crippen LogP contribution < -0.4 is 5.32 Å². The lowest BCUT2D eigenvalue weighted by molar-refractivity contribution is 0.0636. The maximum absolute atomic E-state index is 12.6. The topological polar surface area (TPSA) is 69.7 Å². The summed E-state index contributed by atoms with van der Waals surface area (Å²) in [6, 6.07) is 4.79. The summed E-state index contributed by atoms with van der Waals surface area (Å²) < 4.78 is 0. The Hall–Kier alpha value is -2.37. The summed E-state index contributed by atoms with van der Waals surface area (Å²) in [6.07, 6.45) is 1.13. The second-order valence-corrected chi connectivity index (χ2v) is 8.16. The van der Waals surface area contributed by atoms with Gasteiger partial charge in [0.2, 0.25) is 0 Å². The van der Waals surface area contributed by atoms with E-state index < -0.39 is 0 Å². The molecule has 26 heavy (non-hydrogen) atoms. The van der Waals surface area contributed by atoms with E-state index in [2.05, 4.69) is 19.2 Å². The lowest BCUT2D eigenvalue weighted by atomic mass is 9.92. The predicted molar refractivity (Wildman–Crippen MR) is 100 cm³/mol. The molecule has 0 bridgehead atoms. The van der Waals surface area contributed by atoms with E-state index in [1.54, 1.807) is 18.2 Å². The number of carbonyl (C=O) groups excluding carboxylic acids is 3. The zero-order valence-corrected chi connectivity index (χ0v) is 15.9. The Morgan fingerprint density at radius 1 is 1.12 bits per heavy atom. The number of hydrogen-bond acceptors (Lipinski definition) is 3. The molecule has 0 spiro atoms. The molecule has 0 radical (unpaired) electrons. The van der Waals surface area contributed by atoms with E-state index >= 15 is 0 Å².